The maximum Gasteiger partial charge on any atom is 0.122 e. The summed E-state index contributed by atoms with van der Waals surface area (Å²) in [7, 11) is 2.05. The molecule has 0 aromatic heterocycles. The van der Waals surface area contributed by atoms with Crippen molar-refractivity contribution in [1.82, 2.24) is 0 Å². The quantitative estimate of drug-likeness (QED) is 0.845. The minimum absolute atomic E-state index is 0.807. The number of hydrogen-bond acceptors (Lipinski definition) is 3. The number of nitrogens with zero attached hydrogens (tertiary/aromatic N) is 1. The zero-order valence-electron chi connectivity index (χ0n) is 12.0. The summed E-state index contributed by atoms with van der Waals surface area (Å²) in [6.45, 7) is 2.88. The first kappa shape index (κ1) is 12.9. The number of benzene rings is 2. The van der Waals surface area contributed by atoms with Gasteiger partial charge in [0.15, 0.2) is 0 Å². The van der Waals surface area contributed by atoms with Crippen LogP contribution in [0.5, 0.6) is 5.75 Å². The molecule has 0 saturated heterocycles. The Bertz CT molecular complexity index is 637. The van der Waals surface area contributed by atoms with E-state index in [9.17, 15) is 0 Å². The molecular formula is C17H20N2O. The second kappa shape index (κ2) is 5.08. The summed E-state index contributed by atoms with van der Waals surface area (Å²) >= 11 is 0. The number of nitrogens with two attached hydrogens (primary N) is 1. The van der Waals surface area contributed by atoms with Crippen molar-refractivity contribution in [2.24, 2.45) is 0 Å². The van der Waals surface area contributed by atoms with E-state index >= 15 is 0 Å². The van der Waals surface area contributed by atoms with Gasteiger partial charge in [-0.15, -0.1) is 0 Å². The first-order valence-electron chi connectivity index (χ1n) is 7.01. The molecule has 1 aliphatic rings. The second-order valence-electron chi connectivity index (χ2n) is 5.37. The second-order valence-corrected chi connectivity index (χ2v) is 5.37. The average Bonchev–Trinajstić information content (AvgIpc) is 2.46. The van der Waals surface area contributed by atoms with Crippen molar-refractivity contribution in [3.05, 3.63) is 47.5 Å². The standard InChI is InChI=1S/C17H20N2O/c1-12-5-7-16(15(18)10-12)19(2)14-6-8-17-13(11-14)4-3-9-20-17/h5-8,10-11H,3-4,9,18H2,1-2H3. The summed E-state index contributed by atoms with van der Waals surface area (Å²) in [6, 6.07) is 12.5. The van der Waals surface area contributed by atoms with Crippen LogP contribution in [-0.2, 0) is 6.42 Å². The number of nitrogen functional groups attached to an aromatic ring is 1. The Kier molecular flexibility index (Phi) is 3.26. The van der Waals surface area contributed by atoms with Crippen molar-refractivity contribution in [3.63, 3.8) is 0 Å². The Morgan fingerprint density at radius 3 is 2.80 bits per heavy atom. The highest BCUT2D eigenvalue weighted by molar-refractivity contribution is 5.75. The molecule has 0 unspecified atom stereocenters. The molecule has 0 bridgehead atoms. The molecule has 3 heteroatoms. The van der Waals surface area contributed by atoms with E-state index in [1.54, 1.807) is 0 Å². The maximum absolute atomic E-state index is 6.13. The van der Waals surface area contributed by atoms with Gasteiger partial charge >= 0.3 is 0 Å². The third-order valence-corrected chi connectivity index (χ3v) is 3.82. The summed E-state index contributed by atoms with van der Waals surface area (Å²) in [5.74, 6) is 1.02. The highest BCUT2D eigenvalue weighted by Crippen LogP contribution is 2.34. The smallest absolute Gasteiger partial charge is 0.122 e. The van der Waals surface area contributed by atoms with Gasteiger partial charge in [-0.3, -0.25) is 0 Å². The van der Waals surface area contributed by atoms with Crippen LogP contribution in [0, 0.1) is 6.92 Å². The fraction of sp³-hybridized carbons (Fsp3) is 0.294. The molecule has 2 N–H and O–H groups in total. The number of fused-ring (bicyclic) bond motifs is 1. The lowest BCUT2D eigenvalue weighted by atomic mass is 10.0. The predicted octanol–water partition coefficient (Wildman–Crippen LogP) is 3.67. The molecule has 0 saturated carbocycles. The van der Waals surface area contributed by atoms with E-state index in [1.807, 2.05) is 13.1 Å². The SMILES string of the molecule is Cc1ccc(N(C)c2ccc3c(c2)CCCO3)c(N)c1. The van der Waals surface area contributed by atoms with Crippen LogP contribution in [0.15, 0.2) is 36.4 Å². The third kappa shape index (κ3) is 2.31. The average molecular weight is 268 g/mol. The summed E-state index contributed by atoms with van der Waals surface area (Å²) in [5.41, 5.74) is 11.6. The van der Waals surface area contributed by atoms with Gasteiger partial charge < -0.3 is 15.4 Å². The number of rotatable bonds is 2. The Morgan fingerprint density at radius 1 is 1.15 bits per heavy atom. The highest BCUT2D eigenvalue weighted by Gasteiger charge is 2.13. The lowest BCUT2D eigenvalue weighted by Crippen LogP contribution is -2.14. The highest BCUT2D eigenvalue weighted by atomic mass is 16.5. The van der Waals surface area contributed by atoms with Gasteiger partial charge in [0.05, 0.1) is 18.0 Å². The van der Waals surface area contributed by atoms with Gasteiger partial charge in [-0.1, -0.05) is 6.07 Å². The van der Waals surface area contributed by atoms with Crippen LogP contribution in [0.2, 0.25) is 0 Å². The summed E-state index contributed by atoms with van der Waals surface area (Å²) in [5, 5.41) is 0. The molecule has 20 heavy (non-hydrogen) atoms. The third-order valence-electron chi connectivity index (χ3n) is 3.82. The molecule has 3 rings (SSSR count). The zero-order chi connectivity index (χ0) is 14.1. The molecule has 104 valence electrons. The van der Waals surface area contributed by atoms with E-state index < -0.39 is 0 Å². The Hall–Kier alpha value is -2.16. The number of anilines is 3. The van der Waals surface area contributed by atoms with Crippen molar-refractivity contribution >= 4 is 17.1 Å². The minimum Gasteiger partial charge on any atom is -0.493 e. The number of ether oxygens (including phenoxy) is 1. The van der Waals surface area contributed by atoms with Gasteiger partial charge in [0, 0.05) is 12.7 Å². The first-order valence-corrected chi connectivity index (χ1v) is 7.01. The first-order chi connectivity index (χ1) is 9.65. The fourth-order valence-corrected chi connectivity index (χ4v) is 2.67. The van der Waals surface area contributed by atoms with Crippen molar-refractivity contribution in [2.75, 3.05) is 24.3 Å². The molecule has 0 radical (unpaired) electrons. The number of hydrogen-bond donors (Lipinski definition) is 1. The van der Waals surface area contributed by atoms with Crippen molar-refractivity contribution in [2.45, 2.75) is 19.8 Å². The predicted molar refractivity (Wildman–Crippen MR) is 83.9 cm³/mol. The Balaban J connectivity index is 1.95. The topological polar surface area (TPSA) is 38.5 Å². The molecule has 0 atom stereocenters. The molecule has 1 aliphatic heterocycles. The van der Waals surface area contributed by atoms with Gasteiger partial charge in [-0.05, 0) is 61.2 Å². The van der Waals surface area contributed by atoms with E-state index in [-0.39, 0.29) is 0 Å². The van der Waals surface area contributed by atoms with Crippen LogP contribution in [0.1, 0.15) is 17.5 Å². The molecule has 0 spiro atoms. The molecule has 0 fully saturated rings. The molecule has 2 aromatic rings. The van der Waals surface area contributed by atoms with Gasteiger partial charge in [-0.2, -0.15) is 0 Å². The largest absolute Gasteiger partial charge is 0.493 e. The van der Waals surface area contributed by atoms with E-state index in [4.69, 9.17) is 10.5 Å². The van der Waals surface area contributed by atoms with Crippen LogP contribution in [0.4, 0.5) is 17.1 Å². The monoisotopic (exact) mass is 268 g/mol. The van der Waals surface area contributed by atoms with Crippen LogP contribution >= 0.6 is 0 Å². The van der Waals surface area contributed by atoms with Crippen LogP contribution in [0.3, 0.4) is 0 Å². The maximum atomic E-state index is 6.13. The summed E-state index contributed by atoms with van der Waals surface area (Å²) < 4.78 is 5.66. The fourth-order valence-electron chi connectivity index (χ4n) is 2.67. The molecule has 1 heterocycles. The van der Waals surface area contributed by atoms with Crippen molar-refractivity contribution in [3.8, 4) is 5.75 Å². The summed E-state index contributed by atoms with van der Waals surface area (Å²) in [6.07, 6.45) is 2.17. The normalized spacial score (nSPS) is 13.5. The van der Waals surface area contributed by atoms with E-state index in [0.29, 0.717) is 0 Å². The van der Waals surface area contributed by atoms with Crippen molar-refractivity contribution in [1.29, 1.82) is 0 Å². The van der Waals surface area contributed by atoms with Gasteiger partial charge in [-0.25, -0.2) is 0 Å². The Labute approximate surface area is 120 Å². The van der Waals surface area contributed by atoms with Gasteiger partial charge in [0.2, 0.25) is 0 Å². The van der Waals surface area contributed by atoms with Gasteiger partial charge in [0.1, 0.15) is 5.75 Å². The van der Waals surface area contributed by atoms with Crippen LogP contribution in [0.25, 0.3) is 0 Å². The number of aryl methyl sites for hydroxylation is 2. The van der Waals surface area contributed by atoms with Crippen molar-refractivity contribution < 1.29 is 4.74 Å². The Morgan fingerprint density at radius 2 is 2.00 bits per heavy atom. The lowest BCUT2D eigenvalue weighted by molar-refractivity contribution is 0.288. The van der Waals surface area contributed by atoms with E-state index in [2.05, 4.69) is 42.2 Å². The molecule has 2 aromatic carbocycles. The van der Waals surface area contributed by atoms with Crippen LogP contribution in [-0.4, -0.2) is 13.7 Å². The van der Waals surface area contributed by atoms with Crippen LogP contribution < -0.4 is 15.4 Å². The molecule has 0 amide bonds. The molecular weight excluding hydrogens is 248 g/mol. The van der Waals surface area contributed by atoms with E-state index in [1.165, 1.54) is 11.1 Å². The lowest BCUT2D eigenvalue weighted by Gasteiger charge is -2.24. The zero-order valence-corrected chi connectivity index (χ0v) is 12.0. The molecule has 0 aliphatic carbocycles. The minimum atomic E-state index is 0.807. The van der Waals surface area contributed by atoms with E-state index in [0.717, 1.165) is 42.3 Å². The van der Waals surface area contributed by atoms with Gasteiger partial charge in [0.25, 0.3) is 0 Å². The summed E-state index contributed by atoms with van der Waals surface area (Å²) in [4.78, 5) is 2.13. The molecule has 3 nitrogen and oxygen atoms in total.